The van der Waals surface area contributed by atoms with Crippen LogP contribution in [0.4, 0.5) is 0 Å². The molecule has 0 saturated carbocycles. The van der Waals surface area contributed by atoms with Crippen LogP contribution in [0.25, 0.3) is 0 Å². The summed E-state index contributed by atoms with van der Waals surface area (Å²) < 4.78 is 0. The number of carbonyl (C=O) groups excluding carboxylic acids is 4. The van der Waals surface area contributed by atoms with E-state index in [4.69, 9.17) is 0 Å². The first-order valence-corrected chi connectivity index (χ1v) is 47.1. The van der Waals surface area contributed by atoms with Gasteiger partial charge in [0, 0.05) is 65.2 Å². The highest BCUT2D eigenvalue weighted by Crippen LogP contribution is 2.25. The van der Waals surface area contributed by atoms with Crippen molar-refractivity contribution in [3.05, 3.63) is 24.3 Å². The second kappa shape index (κ2) is 79.2. The maximum Gasteiger partial charge on any atom is 0.236 e. The van der Waals surface area contributed by atoms with Crippen molar-refractivity contribution in [2.75, 3.05) is 52.4 Å². The molecular formula is C94H179N5O4. The van der Waals surface area contributed by atoms with E-state index < -0.39 is 0 Å². The second-order valence-corrected chi connectivity index (χ2v) is 33.1. The topological polar surface area (TPSA) is 111 Å². The molecule has 0 aliphatic carbocycles. The normalized spacial score (nSPS) is 15.1. The third-order valence-electron chi connectivity index (χ3n) is 23.2. The van der Waals surface area contributed by atoms with Crippen molar-refractivity contribution in [2.24, 2.45) is 11.8 Å². The molecule has 2 aliphatic heterocycles. The quantitative estimate of drug-likeness (QED) is 0.0316. The lowest BCUT2D eigenvalue weighted by atomic mass is 10.0. The van der Waals surface area contributed by atoms with E-state index in [1.807, 2.05) is 12.2 Å². The fraction of sp³-hybridized carbons (Fsp3) is 0.915. The highest BCUT2D eigenvalue weighted by atomic mass is 16.2. The average molecular weight is 1440 g/mol. The Bertz CT molecular complexity index is 1870. The van der Waals surface area contributed by atoms with E-state index in [-0.39, 0.29) is 35.5 Å². The molecule has 103 heavy (non-hydrogen) atoms. The van der Waals surface area contributed by atoms with E-state index >= 15 is 0 Å². The Hall–Kier alpha value is -2.36. The number of allylic oxidation sites excluding steroid dienone is 2. The molecule has 9 nitrogen and oxygen atoms in total. The van der Waals surface area contributed by atoms with Gasteiger partial charge in [-0.2, -0.15) is 0 Å². The first-order valence-electron chi connectivity index (χ1n) is 47.1. The van der Waals surface area contributed by atoms with Gasteiger partial charge in [0.05, 0.1) is 11.8 Å². The van der Waals surface area contributed by atoms with E-state index in [9.17, 15) is 19.2 Å². The summed E-state index contributed by atoms with van der Waals surface area (Å²) in [6.45, 7) is 9.62. The summed E-state index contributed by atoms with van der Waals surface area (Å²) in [4.78, 5) is 54.3. The zero-order valence-corrected chi connectivity index (χ0v) is 69.5. The SMILES string of the molecule is CCCCCCCCCCCCCCCCCCCCCCCCCCCCCCCCCCC=CC1CC(=O)N(CCNCCNCCNCCN2C(=O)CC(C=CCCCCCCCCCCCCCCCCCCCCCCCCCCCCCCCCCCCCCCCC)C2=O)C1=O. The van der Waals surface area contributed by atoms with Gasteiger partial charge in [0.15, 0.2) is 0 Å². The lowest BCUT2D eigenvalue weighted by Gasteiger charge is -2.15. The maximum absolute atomic E-state index is 13.0. The number of imide groups is 2. The average Bonchev–Trinajstić information content (AvgIpc) is 1.71. The van der Waals surface area contributed by atoms with Crippen LogP contribution in [0.2, 0.25) is 0 Å². The van der Waals surface area contributed by atoms with Crippen LogP contribution in [0.3, 0.4) is 0 Å². The molecule has 0 bridgehead atoms. The van der Waals surface area contributed by atoms with Gasteiger partial charge in [0.2, 0.25) is 23.6 Å². The van der Waals surface area contributed by atoms with Gasteiger partial charge < -0.3 is 16.0 Å². The van der Waals surface area contributed by atoms with Crippen LogP contribution < -0.4 is 16.0 Å². The van der Waals surface area contributed by atoms with Crippen LogP contribution in [-0.4, -0.2) is 85.8 Å². The first-order chi connectivity index (χ1) is 51.0. The molecule has 0 aromatic carbocycles. The van der Waals surface area contributed by atoms with E-state index in [0.717, 1.165) is 51.9 Å². The maximum atomic E-state index is 13.0. The summed E-state index contributed by atoms with van der Waals surface area (Å²) >= 11 is 0. The molecule has 0 radical (unpaired) electrons. The fourth-order valence-corrected chi connectivity index (χ4v) is 16.2. The minimum atomic E-state index is -0.309. The molecule has 2 unspecified atom stereocenters. The minimum Gasteiger partial charge on any atom is -0.314 e. The third-order valence-corrected chi connectivity index (χ3v) is 23.2. The molecule has 0 spiro atoms. The molecular weight excluding hydrogens is 1260 g/mol. The molecule has 2 atom stereocenters. The van der Waals surface area contributed by atoms with Gasteiger partial charge >= 0.3 is 0 Å². The van der Waals surface area contributed by atoms with Gasteiger partial charge in [-0.15, -0.1) is 0 Å². The molecule has 2 aliphatic rings. The van der Waals surface area contributed by atoms with Gasteiger partial charge in [0.25, 0.3) is 0 Å². The van der Waals surface area contributed by atoms with Crippen molar-refractivity contribution < 1.29 is 19.2 Å². The smallest absolute Gasteiger partial charge is 0.236 e. The molecule has 2 rings (SSSR count). The Labute approximate surface area is 642 Å². The number of hydrogen-bond acceptors (Lipinski definition) is 7. The molecule has 2 heterocycles. The summed E-state index contributed by atoms with van der Waals surface area (Å²) in [5, 5.41) is 10.1. The monoisotopic (exact) mass is 1440 g/mol. The van der Waals surface area contributed by atoms with Crippen LogP contribution in [0.1, 0.15) is 489 Å². The zero-order chi connectivity index (χ0) is 73.6. The number of carbonyl (C=O) groups is 4. The number of hydrogen-bond donors (Lipinski definition) is 3. The number of nitrogens with zero attached hydrogens (tertiary/aromatic N) is 2. The van der Waals surface area contributed by atoms with E-state index in [2.05, 4.69) is 41.9 Å². The van der Waals surface area contributed by atoms with E-state index in [0.29, 0.717) is 39.0 Å². The second-order valence-electron chi connectivity index (χ2n) is 33.1. The van der Waals surface area contributed by atoms with Gasteiger partial charge in [-0.05, 0) is 25.7 Å². The van der Waals surface area contributed by atoms with Crippen molar-refractivity contribution in [3.63, 3.8) is 0 Å². The van der Waals surface area contributed by atoms with Gasteiger partial charge in [0.1, 0.15) is 0 Å². The highest BCUT2D eigenvalue weighted by molar-refractivity contribution is 6.05. The fourth-order valence-electron chi connectivity index (χ4n) is 16.2. The first kappa shape index (κ1) is 96.7. The molecule has 2 fully saturated rings. The predicted octanol–water partition coefficient (Wildman–Crippen LogP) is 27.7. The van der Waals surface area contributed by atoms with Crippen LogP contribution in [0.5, 0.6) is 0 Å². The summed E-state index contributed by atoms with van der Waals surface area (Å²) in [6, 6.07) is 0. The number of rotatable bonds is 86. The highest BCUT2D eigenvalue weighted by Gasteiger charge is 2.37. The molecule has 604 valence electrons. The van der Waals surface area contributed by atoms with Crippen LogP contribution >= 0.6 is 0 Å². The third kappa shape index (κ3) is 64.2. The lowest BCUT2D eigenvalue weighted by molar-refractivity contribution is -0.140. The number of likely N-dealkylation sites (tertiary alicyclic amines) is 2. The van der Waals surface area contributed by atoms with Gasteiger partial charge in [-0.1, -0.05) is 475 Å². The minimum absolute atomic E-state index is 0.0548. The Morgan fingerprint density at radius 1 is 0.233 bits per heavy atom. The Morgan fingerprint density at radius 2 is 0.388 bits per heavy atom. The standard InChI is InChI=1S/C94H179N5O4/c1-3-5-7-9-11-13-15-17-19-21-23-25-27-29-31-33-35-37-39-40-41-42-43-44-46-48-50-52-54-56-58-60-62-64-66-68-70-72-74-76-78-90-88-92(101)99(94(90)103)86-84-97-82-80-95-79-81-96-83-85-98-91(100)87-89(93(98)102)77-75-73-71-69-67-65-63-61-59-57-55-53-51-49-47-45-38-36-34-32-30-28-26-24-22-20-18-16-14-12-10-8-6-4-2/h75-78,89-90,95-97H,3-74,79-88H2,1-2H3. The van der Waals surface area contributed by atoms with Crippen molar-refractivity contribution in [3.8, 4) is 0 Å². The number of amides is 4. The zero-order valence-electron chi connectivity index (χ0n) is 69.5. The molecule has 4 amide bonds. The molecule has 9 heteroatoms. The van der Waals surface area contributed by atoms with Crippen molar-refractivity contribution in [1.82, 2.24) is 25.8 Å². The number of unbranched alkanes of at least 4 members (excludes halogenated alkanes) is 70. The summed E-state index contributed by atoms with van der Waals surface area (Å²) in [6.07, 6.45) is 111. The van der Waals surface area contributed by atoms with Crippen LogP contribution in [-0.2, 0) is 19.2 Å². The molecule has 2 saturated heterocycles. The Kier molecular flexibility index (Phi) is 74.4. The summed E-state index contributed by atoms with van der Waals surface area (Å²) in [7, 11) is 0. The largest absolute Gasteiger partial charge is 0.314 e. The number of nitrogens with one attached hydrogen (secondary N) is 3. The summed E-state index contributed by atoms with van der Waals surface area (Å²) in [5.74, 6) is -0.849. The van der Waals surface area contributed by atoms with Crippen molar-refractivity contribution >= 4 is 23.6 Å². The Balaban J connectivity index is 1.24. The van der Waals surface area contributed by atoms with Gasteiger partial charge in [-0.25, -0.2) is 0 Å². The molecule has 0 aromatic heterocycles. The van der Waals surface area contributed by atoms with Crippen molar-refractivity contribution in [1.29, 1.82) is 0 Å². The van der Waals surface area contributed by atoms with Crippen LogP contribution in [0, 0.1) is 11.8 Å². The van der Waals surface area contributed by atoms with Gasteiger partial charge in [-0.3, -0.25) is 29.0 Å². The van der Waals surface area contributed by atoms with E-state index in [1.165, 1.54) is 446 Å². The molecule has 3 N–H and O–H groups in total. The predicted molar refractivity (Wildman–Crippen MR) is 450 cm³/mol. The Morgan fingerprint density at radius 3 is 0.563 bits per heavy atom. The lowest BCUT2D eigenvalue weighted by Crippen LogP contribution is -2.40. The summed E-state index contributed by atoms with van der Waals surface area (Å²) in [5.41, 5.74) is 0. The van der Waals surface area contributed by atoms with E-state index in [1.54, 1.807) is 0 Å². The van der Waals surface area contributed by atoms with Crippen LogP contribution in [0.15, 0.2) is 24.3 Å². The van der Waals surface area contributed by atoms with Crippen molar-refractivity contribution in [2.45, 2.75) is 489 Å². The molecule has 0 aromatic rings.